The number of morpholine rings is 1. The first-order valence-corrected chi connectivity index (χ1v) is 7.49. The number of ether oxygens (including phenoxy) is 1. The van der Waals surface area contributed by atoms with Gasteiger partial charge in [-0.05, 0) is 5.56 Å². The van der Waals surface area contributed by atoms with Crippen molar-refractivity contribution in [2.24, 2.45) is 10.7 Å². The molecule has 1 aliphatic heterocycles. The standard InChI is InChI=1S/C16H21N5O/c17-16(20-6-8-22-9-7-20)18-10-15-11-19-21(13-15)12-14-4-2-1-3-5-14/h1-5,11,13H,6-10,12H2,(H2,17,18). The Kier molecular flexibility index (Phi) is 4.70. The van der Waals surface area contributed by atoms with Gasteiger partial charge in [0.05, 0.1) is 32.5 Å². The van der Waals surface area contributed by atoms with E-state index < -0.39 is 0 Å². The Labute approximate surface area is 130 Å². The zero-order valence-electron chi connectivity index (χ0n) is 12.6. The molecule has 3 rings (SSSR count). The number of hydrogen-bond donors (Lipinski definition) is 1. The van der Waals surface area contributed by atoms with E-state index in [1.54, 1.807) is 0 Å². The summed E-state index contributed by atoms with van der Waals surface area (Å²) >= 11 is 0. The first-order valence-electron chi connectivity index (χ1n) is 7.49. The van der Waals surface area contributed by atoms with Crippen molar-refractivity contribution in [2.75, 3.05) is 26.3 Å². The van der Waals surface area contributed by atoms with Crippen molar-refractivity contribution < 1.29 is 4.74 Å². The van der Waals surface area contributed by atoms with Crippen LogP contribution in [0.15, 0.2) is 47.7 Å². The highest BCUT2D eigenvalue weighted by Gasteiger charge is 2.12. The maximum Gasteiger partial charge on any atom is 0.191 e. The number of nitrogens with zero attached hydrogens (tertiary/aromatic N) is 4. The van der Waals surface area contributed by atoms with Crippen LogP contribution in [0.2, 0.25) is 0 Å². The van der Waals surface area contributed by atoms with Gasteiger partial charge >= 0.3 is 0 Å². The average Bonchev–Trinajstić information content (AvgIpc) is 3.02. The molecule has 2 N–H and O–H groups in total. The maximum absolute atomic E-state index is 6.02. The molecule has 2 aromatic rings. The number of hydrogen-bond acceptors (Lipinski definition) is 3. The lowest BCUT2D eigenvalue weighted by Crippen LogP contribution is -2.44. The molecule has 116 valence electrons. The number of aliphatic imine (C=N–C) groups is 1. The Morgan fingerprint density at radius 3 is 2.73 bits per heavy atom. The van der Waals surface area contributed by atoms with Gasteiger partial charge in [-0.1, -0.05) is 30.3 Å². The van der Waals surface area contributed by atoms with Crippen molar-refractivity contribution in [2.45, 2.75) is 13.1 Å². The zero-order chi connectivity index (χ0) is 15.2. The number of nitrogens with two attached hydrogens (primary N) is 1. The molecule has 6 nitrogen and oxygen atoms in total. The summed E-state index contributed by atoms with van der Waals surface area (Å²) in [6, 6.07) is 10.3. The Morgan fingerprint density at radius 2 is 1.95 bits per heavy atom. The summed E-state index contributed by atoms with van der Waals surface area (Å²) in [6.45, 7) is 4.36. The third kappa shape index (κ3) is 3.85. The van der Waals surface area contributed by atoms with Crippen molar-refractivity contribution >= 4 is 5.96 Å². The van der Waals surface area contributed by atoms with Gasteiger partial charge in [0, 0.05) is 24.8 Å². The van der Waals surface area contributed by atoms with E-state index in [2.05, 4.69) is 27.1 Å². The van der Waals surface area contributed by atoms with Crippen LogP contribution in [-0.2, 0) is 17.8 Å². The summed E-state index contributed by atoms with van der Waals surface area (Å²) in [7, 11) is 0. The smallest absolute Gasteiger partial charge is 0.191 e. The molecule has 0 saturated carbocycles. The third-order valence-electron chi connectivity index (χ3n) is 3.63. The molecule has 1 aliphatic rings. The number of rotatable bonds is 4. The summed E-state index contributed by atoms with van der Waals surface area (Å²) in [5, 5.41) is 4.37. The average molecular weight is 299 g/mol. The van der Waals surface area contributed by atoms with Crippen molar-refractivity contribution in [1.29, 1.82) is 0 Å². The highest BCUT2D eigenvalue weighted by Crippen LogP contribution is 2.05. The SMILES string of the molecule is NC(=NCc1cnn(Cc2ccccc2)c1)N1CCOCC1. The van der Waals surface area contributed by atoms with E-state index in [4.69, 9.17) is 10.5 Å². The molecule has 1 saturated heterocycles. The van der Waals surface area contributed by atoms with E-state index in [0.29, 0.717) is 25.7 Å². The Bertz CT molecular complexity index is 616. The van der Waals surface area contributed by atoms with E-state index in [1.165, 1.54) is 5.56 Å². The molecule has 1 aromatic heterocycles. The Morgan fingerprint density at radius 1 is 1.18 bits per heavy atom. The predicted octanol–water partition coefficient (Wildman–Crippen LogP) is 1.08. The van der Waals surface area contributed by atoms with Gasteiger partial charge in [0.2, 0.25) is 0 Å². The topological polar surface area (TPSA) is 68.7 Å². The first-order chi connectivity index (χ1) is 10.8. The van der Waals surface area contributed by atoms with Gasteiger partial charge in [0.15, 0.2) is 5.96 Å². The lowest BCUT2D eigenvalue weighted by molar-refractivity contribution is 0.0674. The second kappa shape index (κ2) is 7.09. The van der Waals surface area contributed by atoms with E-state index in [9.17, 15) is 0 Å². The van der Waals surface area contributed by atoms with E-state index in [0.717, 1.165) is 25.2 Å². The number of guanidine groups is 1. The second-order valence-corrected chi connectivity index (χ2v) is 5.31. The molecule has 0 unspecified atom stereocenters. The fourth-order valence-electron chi connectivity index (χ4n) is 2.41. The lowest BCUT2D eigenvalue weighted by Gasteiger charge is -2.27. The van der Waals surface area contributed by atoms with E-state index >= 15 is 0 Å². The molecule has 2 heterocycles. The zero-order valence-corrected chi connectivity index (χ0v) is 12.6. The molecular weight excluding hydrogens is 278 g/mol. The van der Waals surface area contributed by atoms with Crippen molar-refractivity contribution in [1.82, 2.24) is 14.7 Å². The van der Waals surface area contributed by atoms with Gasteiger partial charge < -0.3 is 15.4 Å². The monoisotopic (exact) mass is 299 g/mol. The van der Waals surface area contributed by atoms with Crippen LogP contribution in [0.4, 0.5) is 0 Å². The first kappa shape index (κ1) is 14.6. The van der Waals surface area contributed by atoms with Gasteiger partial charge in [-0.25, -0.2) is 4.99 Å². The summed E-state index contributed by atoms with van der Waals surface area (Å²) < 4.78 is 7.23. The summed E-state index contributed by atoms with van der Waals surface area (Å²) in [5.41, 5.74) is 8.31. The van der Waals surface area contributed by atoms with Crippen LogP contribution in [0.1, 0.15) is 11.1 Å². The quantitative estimate of drug-likeness (QED) is 0.677. The Balaban J connectivity index is 1.57. The van der Waals surface area contributed by atoms with Crippen LogP contribution in [0.5, 0.6) is 0 Å². The molecule has 0 spiro atoms. The minimum Gasteiger partial charge on any atom is -0.378 e. The minimum atomic E-state index is 0.554. The van der Waals surface area contributed by atoms with Gasteiger partial charge in [0.1, 0.15) is 0 Å². The summed E-state index contributed by atoms with van der Waals surface area (Å²) in [5.74, 6) is 0.583. The summed E-state index contributed by atoms with van der Waals surface area (Å²) in [6.07, 6.45) is 3.86. The molecule has 1 aromatic carbocycles. The summed E-state index contributed by atoms with van der Waals surface area (Å²) in [4.78, 5) is 6.50. The maximum atomic E-state index is 6.02. The van der Waals surface area contributed by atoms with Crippen LogP contribution in [0.25, 0.3) is 0 Å². The van der Waals surface area contributed by atoms with E-state index in [1.807, 2.05) is 35.3 Å². The van der Waals surface area contributed by atoms with Crippen molar-refractivity contribution in [3.05, 3.63) is 53.9 Å². The van der Waals surface area contributed by atoms with Crippen LogP contribution < -0.4 is 5.73 Å². The van der Waals surface area contributed by atoms with Crippen molar-refractivity contribution in [3.63, 3.8) is 0 Å². The molecule has 22 heavy (non-hydrogen) atoms. The van der Waals surface area contributed by atoms with Gasteiger partial charge in [0.25, 0.3) is 0 Å². The van der Waals surface area contributed by atoms with Crippen LogP contribution in [-0.4, -0.2) is 46.9 Å². The molecule has 0 amide bonds. The molecule has 0 radical (unpaired) electrons. The fourth-order valence-corrected chi connectivity index (χ4v) is 2.41. The van der Waals surface area contributed by atoms with Crippen LogP contribution in [0, 0.1) is 0 Å². The number of aromatic nitrogens is 2. The van der Waals surface area contributed by atoms with Crippen molar-refractivity contribution in [3.8, 4) is 0 Å². The van der Waals surface area contributed by atoms with Gasteiger partial charge in [-0.2, -0.15) is 5.10 Å². The predicted molar refractivity (Wildman–Crippen MR) is 85.5 cm³/mol. The minimum absolute atomic E-state index is 0.554. The highest BCUT2D eigenvalue weighted by molar-refractivity contribution is 5.78. The molecule has 0 atom stereocenters. The molecule has 0 bridgehead atoms. The van der Waals surface area contributed by atoms with E-state index in [-0.39, 0.29) is 0 Å². The van der Waals surface area contributed by atoms with Crippen LogP contribution in [0.3, 0.4) is 0 Å². The molecule has 1 fully saturated rings. The molecule has 6 heteroatoms. The highest BCUT2D eigenvalue weighted by atomic mass is 16.5. The third-order valence-corrected chi connectivity index (χ3v) is 3.63. The lowest BCUT2D eigenvalue weighted by atomic mass is 10.2. The molecular formula is C16H21N5O. The van der Waals surface area contributed by atoms with Gasteiger partial charge in [-0.15, -0.1) is 0 Å². The normalized spacial score (nSPS) is 16.0. The Hall–Kier alpha value is -2.34. The second-order valence-electron chi connectivity index (χ2n) is 5.31. The van der Waals surface area contributed by atoms with Crippen LogP contribution >= 0.6 is 0 Å². The fraction of sp³-hybridized carbons (Fsp3) is 0.375. The largest absolute Gasteiger partial charge is 0.378 e. The molecule has 0 aliphatic carbocycles. The van der Waals surface area contributed by atoms with Gasteiger partial charge in [-0.3, -0.25) is 4.68 Å². The number of benzene rings is 1.